The minimum atomic E-state index is -0.657. The van der Waals surface area contributed by atoms with Crippen molar-refractivity contribution in [3.63, 3.8) is 0 Å². The second kappa shape index (κ2) is 5.81. The van der Waals surface area contributed by atoms with Gasteiger partial charge in [-0.3, -0.25) is 20.7 Å². The zero-order valence-electron chi connectivity index (χ0n) is 10.2. The van der Waals surface area contributed by atoms with Crippen molar-refractivity contribution in [1.29, 1.82) is 0 Å². The molecule has 7 heteroatoms. The van der Waals surface area contributed by atoms with Gasteiger partial charge in [-0.2, -0.15) is 5.10 Å². The van der Waals surface area contributed by atoms with E-state index in [1.165, 1.54) is 6.42 Å². The molecule has 0 saturated heterocycles. The SMILES string of the molecule is NC1NN=C(CNC(=O)C2CCCCC2)C(=O)N1. The summed E-state index contributed by atoms with van der Waals surface area (Å²) in [6.07, 6.45) is 4.64. The van der Waals surface area contributed by atoms with Crippen LogP contribution in [0, 0.1) is 5.92 Å². The predicted octanol–water partition coefficient (Wildman–Crippen LogP) is -0.999. The second-order valence-corrected chi connectivity index (χ2v) is 4.69. The first-order valence-electron chi connectivity index (χ1n) is 6.33. The van der Waals surface area contributed by atoms with Crippen LogP contribution < -0.4 is 21.8 Å². The first-order chi connectivity index (χ1) is 8.66. The number of nitrogens with one attached hydrogen (secondary N) is 3. The molecule has 100 valence electrons. The number of nitrogens with zero attached hydrogens (tertiary/aromatic N) is 1. The van der Waals surface area contributed by atoms with Crippen LogP contribution in [0.3, 0.4) is 0 Å². The molecular formula is C11H19N5O2. The summed E-state index contributed by atoms with van der Waals surface area (Å²) in [6.45, 7) is 0.140. The highest BCUT2D eigenvalue weighted by atomic mass is 16.2. The van der Waals surface area contributed by atoms with Gasteiger partial charge in [0.15, 0.2) is 6.29 Å². The largest absolute Gasteiger partial charge is 0.350 e. The van der Waals surface area contributed by atoms with E-state index in [2.05, 4.69) is 21.2 Å². The summed E-state index contributed by atoms with van der Waals surface area (Å²) in [4.78, 5) is 23.3. The third-order valence-corrected chi connectivity index (χ3v) is 3.29. The van der Waals surface area contributed by atoms with Crippen LogP contribution in [0.2, 0.25) is 0 Å². The van der Waals surface area contributed by atoms with Crippen LogP contribution in [-0.2, 0) is 9.59 Å². The van der Waals surface area contributed by atoms with Crippen molar-refractivity contribution in [3.8, 4) is 0 Å². The number of nitrogens with two attached hydrogens (primary N) is 1. The topological polar surface area (TPSA) is 109 Å². The maximum atomic E-state index is 11.9. The number of rotatable bonds is 3. The van der Waals surface area contributed by atoms with Crippen molar-refractivity contribution in [3.05, 3.63) is 0 Å². The summed E-state index contributed by atoms with van der Waals surface area (Å²) in [7, 11) is 0. The molecule has 2 amide bonds. The highest BCUT2D eigenvalue weighted by Gasteiger charge is 2.23. The lowest BCUT2D eigenvalue weighted by Crippen LogP contribution is -2.57. The number of carbonyl (C=O) groups is 2. The number of hydrogen-bond donors (Lipinski definition) is 4. The van der Waals surface area contributed by atoms with E-state index in [0.717, 1.165) is 25.7 Å². The molecule has 0 spiro atoms. The van der Waals surface area contributed by atoms with Gasteiger partial charge in [0.1, 0.15) is 5.71 Å². The van der Waals surface area contributed by atoms with E-state index in [4.69, 9.17) is 5.73 Å². The summed E-state index contributed by atoms with van der Waals surface area (Å²) in [5, 5.41) is 9.06. The third kappa shape index (κ3) is 3.19. The van der Waals surface area contributed by atoms with Crippen LogP contribution in [-0.4, -0.2) is 30.4 Å². The molecule has 0 radical (unpaired) electrons. The lowest BCUT2D eigenvalue weighted by molar-refractivity contribution is -0.125. The molecule has 18 heavy (non-hydrogen) atoms. The Morgan fingerprint density at radius 3 is 2.78 bits per heavy atom. The van der Waals surface area contributed by atoms with Crippen LogP contribution in [0.15, 0.2) is 5.10 Å². The second-order valence-electron chi connectivity index (χ2n) is 4.69. The van der Waals surface area contributed by atoms with Gasteiger partial charge in [-0.05, 0) is 12.8 Å². The molecule has 1 atom stereocenters. The van der Waals surface area contributed by atoms with Crippen molar-refractivity contribution in [1.82, 2.24) is 16.1 Å². The van der Waals surface area contributed by atoms with Gasteiger partial charge in [-0.15, -0.1) is 0 Å². The average Bonchev–Trinajstić information content (AvgIpc) is 2.38. The summed E-state index contributed by atoms with van der Waals surface area (Å²) < 4.78 is 0. The summed E-state index contributed by atoms with van der Waals surface area (Å²) in [5.74, 6) is -0.244. The average molecular weight is 253 g/mol. The van der Waals surface area contributed by atoms with Crippen LogP contribution in [0.4, 0.5) is 0 Å². The quantitative estimate of drug-likeness (QED) is 0.517. The minimum absolute atomic E-state index is 0.0140. The number of amides is 2. The molecule has 0 aromatic rings. The van der Waals surface area contributed by atoms with Gasteiger partial charge >= 0.3 is 0 Å². The van der Waals surface area contributed by atoms with Gasteiger partial charge in [0.2, 0.25) is 5.91 Å². The zero-order valence-corrected chi connectivity index (χ0v) is 10.2. The van der Waals surface area contributed by atoms with Gasteiger partial charge in [0.25, 0.3) is 5.91 Å². The highest BCUT2D eigenvalue weighted by Crippen LogP contribution is 2.23. The molecule has 2 aliphatic rings. The Kier molecular flexibility index (Phi) is 4.14. The Hall–Kier alpha value is -1.63. The Morgan fingerprint density at radius 2 is 2.11 bits per heavy atom. The lowest BCUT2D eigenvalue weighted by atomic mass is 9.88. The molecule has 1 saturated carbocycles. The van der Waals surface area contributed by atoms with E-state index in [0.29, 0.717) is 0 Å². The molecule has 0 bridgehead atoms. The van der Waals surface area contributed by atoms with Crippen molar-refractivity contribution in [2.24, 2.45) is 16.8 Å². The smallest absolute Gasteiger partial charge is 0.271 e. The van der Waals surface area contributed by atoms with E-state index in [9.17, 15) is 9.59 Å². The van der Waals surface area contributed by atoms with Gasteiger partial charge < -0.3 is 10.6 Å². The van der Waals surface area contributed by atoms with E-state index >= 15 is 0 Å². The Balaban J connectivity index is 1.80. The standard InChI is InChI=1S/C11H19N5O2/c12-11-14-10(18)8(15-16-11)6-13-9(17)7-4-2-1-3-5-7/h7,11,16H,1-6,12H2,(H,13,17)(H,14,18). The molecule has 7 nitrogen and oxygen atoms in total. The van der Waals surface area contributed by atoms with Crippen molar-refractivity contribution >= 4 is 17.5 Å². The summed E-state index contributed by atoms with van der Waals surface area (Å²) in [5.41, 5.74) is 8.22. The minimum Gasteiger partial charge on any atom is -0.350 e. The Labute approximate surface area is 106 Å². The maximum Gasteiger partial charge on any atom is 0.271 e. The molecule has 1 aliphatic heterocycles. The molecule has 0 aromatic carbocycles. The van der Waals surface area contributed by atoms with Crippen LogP contribution in [0.5, 0.6) is 0 Å². The Bertz CT molecular complexity index is 362. The summed E-state index contributed by atoms with van der Waals surface area (Å²) in [6, 6.07) is 0. The van der Waals surface area contributed by atoms with E-state index < -0.39 is 6.29 Å². The van der Waals surface area contributed by atoms with Crippen molar-refractivity contribution < 1.29 is 9.59 Å². The van der Waals surface area contributed by atoms with E-state index in [1.54, 1.807) is 0 Å². The van der Waals surface area contributed by atoms with Gasteiger partial charge in [0, 0.05) is 5.92 Å². The molecule has 5 N–H and O–H groups in total. The molecule has 1 heterocycles. The Morgan fingerprint density at radius 1 is 1.39 bits per heavy atom. The molecular weight excluding hydrogens is 234 g/mol. The van der Waals surface area contributed by atoms with Crippen LogP contribution in [0.1, 0.15) is 32.1 Å². The molecule has 1 aliphatic carbocycles. The fourth-order valence-corrected chi connectivity index (χ4v) is 2.25. The normalized spacial score (nSPS) is 24.8. The third-order valence-electron chi connectivity index (χ3n) is 3.29. The summed E-state index contributed by atoms with van der Waals surface area (Å²) >= 11 is 0. The van der Waals surface area contributed by atoms with Gasteiger partial charge in [-0.25, -0.2) is 0 Å². The first kappa shape index (κ1) is 12.8. The van der Waals surface area contributed by atoms with Crippen molar-refractivity contribution in [2.45, 2.75) is 38.4 Å². The fourth-order valence-electron chi connectivity index (χ4n) is 2.25. The molecule has 0 aromatic heterocycles. The number of carbonyl (C=O) groups excluding carboxylic acids is 2. The number of hydrazone groups is 1. The first-order valence-corrected chi connectivity index (χ1v) is 6.33. The monoisotopic (exact) mass is 253 g/mol. The van der Waals surface area contributed by atoms with E-state index in [-0.39, 0.29) is 30.0 Å². The van der Waals surface area contributed by atoms with Gasteiger partial charge in [0.05, 0.1) is 6.54 Å². The fraction of sp³-hybridized carbons (Fsp3) is 0.727. The molecule has 2 rings (SSSR count). The van der Waals surface area contributed by atoms with Crippen molar-refractivity contribution in [2.75, 3.05) is 6.54 Å². The highest BCUT2D eigenvalue weighted by molar-refractivity contribution is 6.40. The lowest BCUT2D eigenvalue weighted by Gasteiger charge is -2.22. The van der Waals surface area contributed by atoms with Crippen LogP contribution >= 0.6 is 0 Å². The van der Waals surface area contributed by atoms with Gasteiger partial charge in [-0.1, -0.05) is 19.3 Å². The molecule has 1 unspecified atom stereocenters. The predicted molar refractivity (Wildman–Crippen MR) is 66.3 cm³/mol. The molecule has 1 fully saturated rings. The van der Waals surface area contributed by atoms with E-state index in [1.807, 2.05) is 0 Å². The maximum absolute atomic E-state index is 11.9. The number of hydrogen-bond acceptors (Lipinski definition) is 5. The zero-order chi connectivity index (χ0) is 13.0. The van der Waals surface area contributed by atoms with Crippen LogP contribution in [0.25, 0.3) is 0 Å².